The van der Waals surface area contributed by atoms with Crippen LogP contribution in [0.2, 0.25) is 0 Å². The van der Waals surface area contributed by atoms with E-state index in [-0.39, 0.29) is 16.7 Å². The van der Waals surface area contributed by atoms with E-state index in [0.29, 0.717) is 0 Å². The molecule has 0 saturated heterocycles. The van der Waals surface area contributed by atoms with Crippen molar-refractivity contribution in [3.05, 3.63) is 58.7 Å². The molecule has 0 atom stereocenters. The molecular weight excluding hydrogens is 282 g/mol. The molecule has 0 aliphatic rings. The average Bonchev–Trinajstić information content (AvgIpc) is 2.41. The minimum absolute atomic E-state index is 0.0595. The number of carboxylic acid groups (broad SMARTS) is 2. The van der Waals surface area contributed by atoms with Crippen molar-refractivity contribution in [2.75, 3.05) is 0 Å². The molecule has 0 aliphatic carbocycles. The van der Waals surface area contributed by atoms with E-state index in [1.165, 1.54) is 19.1 Å². The summed E-state index contributed by atoms with van der Waals surface area (Å²) >= 11 is 0. The topological polar surface area (TPSA) is 74.6 Å². The van der Waals surface area contributed by atoms with Crippen LogP contribution in [0.15, 0.2) is 30.3 Å². The van der Waals surface area contributed by atoms with Gasteiger partial charge in [0.25, 0.3) is 0 Å². The molecule has 0 radical (unpaired) electrons. The summed E-state index contributed by atoms with van der Waals surface area (Å²) in [6.45, 7) is 1.29. The number of hydrogen-bond acceptors (Lipinski definition) is 2. The van der Waals surface area contributed by atoms with Gasteiger partial charge in [-0.25, -0.2) is 18.4 Å². The molecule has 0 aromatic heterocycles. The van der Waals surface area contributed by atoms with E-state index in [0.717, 1.165) is 18.2 Å². The molecule has 0 fully saturated rings. The zero-order valence-corrected chi connectivity index (χ0v) is 10.9. The highest BCUT2D eigenvalue weighted by molar-refractivity contribution is 6.02. The molecule has 2 aromatic rings. The molecule has 2 aromatic carbocycles. The third-order valence-electron chi connectivity index (χ3n) is 3.12. The van der Waals surface area contributed by atoms with Crippen LogP contribution in [0.1, 0.15) is 26.3 Å². The van der Waals surface area contributed by atoms with E-state index in [2.05, 4.69) is 0 Å². The van der Waals surface area contributed by atoms with Crippen LogP contribution >= 0.6 is 0 Å². The van der Waals surface area contributed by atoms with Gasteiger partial charge in [-0.15, -0.1) is 0 Å². The summed E-state index contributed by atoms with van der Waals surface area (Å²) < 4.78 is 27.1. The van der Waals surface area contributed by atoms with Crippen molar-refractivity contribution < 1.29 is 28.6 Å². The molecule has 2 N–H and O–H groups in total. The molecule has 0 bridgehead atoms. The van der Waals surface area contributed by atoms with E-state index in [1.807, 2.05) is 0 Å². The predicted octanol–water partition coefficient (Wildman–Crippen LogP) is 3.34. The first kappa shape index (κ1) is 14.6. The van der Waals surface area contributed by atoms with Crippen LogP contribution in [0.25, 0.3) is 11.1 Å². The van der Waals surface area contributed by atoms with E-state index in [1.54, 1.807) is 0 Å². The van der Waals surface area contributed by atoms with Crippen molar-refractivity contribution in [1.82, 2.24) is 0 Å². The van der Waals surface area contributed by atoms with E-state index < -0.39 is 34.7 Å². The molecule has 21 heavy (non-hydrogen) atoms. The lowest BCUT2D eigenvalue weighted by molar-refractivity contribution is 0.0695. The summed E-state index contributed by atoms with van der Waals surface area (Å²) in [4.78, 5) is 22.4. The minimum atomic E-state index is -1.45. The summed E-state index contributed by atoms with van der Waals surface area (Å²) in [6, 6.07) is 5.38. The Balaban J connectivity index is 2.82. The van der Waals surface area contributed by atoms with Gasteiger partial charge in [0.15, 0.2) is 0 Å². The highest BCUT2D eigenvalue weighted by Crippen LogP contribution is 2.31. The van der Waals surface area contributed by atoms with Crippen molar-refractivity contribution in [2.45, 2.75) is 6.92 Å². The molecule has 2 rings (SSSR count). The van der Waals surface area contributed by atoms with Crippen molar-refractivity contribution in [3.63, 3.8) is 0 Å². The lowest BCUT2D eigenvalue weighted by Gasteiger charge is -2.13. The van der Waals surface area contributed by atoms with Crippen LogP contribution in [0, 0.1) is 18.6 Å². The number of halogens is 2. The minimum Gasteiger partial charge on any atom is -0.478 e. The first-order chi connectivity index (χ1) is 9.82. The number of carboxylic acids is 2. The fourth-order valence-electron chi connectivity index (χ4n) is 2.14. The summed E-state index contributed by atoms with van der Waals surface area (Å²) in [5.74, 6) is -4.40. The molecular formula is C15H10F2O4. The highest BCUT2D eigenvalue weighted by Gasteiger charge is 2.24. The van der Waals surface area contributed by atoms with Crippen molar-refractivity contribution in [3.8, 4) is 11.1 Å². The zero-order chi connectivity index (χ0) is 15.7. The van der Waals surface area contributed by atoms with Crippen molar-refractivity contribution in [2.24, 2.45) is 0 Å². The van der Waals surface area contributed by atoms with Crippen LogP contribution in [0.4, 0.5) is 8.78 Å². The summed E-state index contributed by atoms with van der Waals surface area (Å²) in [5, 5.41) is 18.2. The highest BCUT2D eigenvalue weighted by atomic mass is 19.1. The van der Waals surface area contributed by atoms with Crippen LogP contribution in [-0.2, 0) is 0 Å². The lowest BCUT2D eigenvalue weighted by Crippen LogP contribution is -2.11. The van der Waals surface area contributed by atoms with Gasteiger partial charge in [0.05, 0.1) is 11.1 Å². The SMILES string of the molecule is Cc1c(C(=O)O)cc(F)c(-c2ccc(F)cc2)c1C(=O)O. The second-order valence-electron chi connectivity index (χ2n) is 4.40. The second kappa shape index (κ2) is 5.32. The standard InChI is InChI=1S/C15H10F2O4/c1-7-10(14(18)19)6-11(17)13(12(7)15(20)21)8-2-4-9(16)5-3-8/h2-6H,1H3,(H,18,19)(H,20,21). The molecule has 0 heterocycles. The van der Waals surface area contributed by atoms with Crippen molar-refractivity contribution >= 4 is 11.9 Å². The van der Waals surface area contributed by atoms with E-state index >= 15 is 0 Å². The maximum atomic E-state index is 14.2. The maximum absolute atomic E-state index is 14.2. The largest absolute Gasteiger partial charge is 0.478 e. The Kier molecular flexibility index (Phi) is 3.71. The van der Waals surface area contributed by atoms with Crippen LogP contribution in [-0.4, -0.2) is 22.2 Å². The fourth-order valence-corrected chi connectivity index (χ4v) is 2.14. The van der Waals surface area contributed by atoms with Crippen molar-refractivity contribution in [1.29, 1.82) is 0 Å². The number of rotatable bonds is 3. The van der Waals surface area contributed by atoms with Gasteiger partial charge in [-0.3, -0.25) is 0 Å². The third-order valence-corrected chi connectivity index (χ3v) is 3.12. The molecule has 0 spiro atoms. The lowest BCUT2D eigenvalue weighted by atomic mass is 9.92. The number of benzene rings is 2. The maximum Gasteiger partial charge on any atom is 0.336 e. The van der Waals surface area contributed by atoms with Crippen LogP contribution < -0.4 is 0 Å². The smallest absolute Gasteiger partial charge is 0.336 e. The van der Waals surface area contributed by atoms with Crippen LogP contribution in [0.3, 0.4) is 0 Å². The Labute approximate surface area is 118 Å². The summed E-state index contributed by atoms with van der Waals surface area (Å²) in [7, 11) is 0. The van der Waals surface area contributed by atoms with Gasteiger partial charge in [-0.2, -0.15) is 0 Å². The Hall–Kier alpha value is -2.76. The van der Waals surface area contributed by atoms with Gasteiger partial charge in [-0.1, -0.05) is 12.1 Å². The molecule has 4 nitrogen and oxygen atoms in total. The van der Waals surface area contributed by atoms with E-state index in [9.17, 15) is 23.5 Å². The Morgan fingerprint density at radius 3 is 2.05 bits per heavy atom. The molecule has 0 saturated carbocycles. The van der Waals surface area contributed by atoms with Gasteiger partial charge in [0, 0.05) is 5.56 Å². The molecule has 0 unspecified atom stereocenters. The first-order valence-electron chi connectivity index (χ1n) is 5.88. The van der Waals surface area contributed by atoms with Gasteiger partial charge < -0.3 is 10.2 Å². The second-order valence-corrected chi connectivity index (χ2v) is 4.40. The Morgan fingerprint density at radius 2 is 1.57 bits per heavy atom. The predicted molar refractivity (Wildman–Crippen MR) is 70.4 cm³/mol. The monoisotopic (exact) mass is 292 g/mol. The summed E-state index contributed by atoms with van der Waals surface area (Å²) in [6.07, 6.45) is 0. The Bertz CT molecular complexity index is 736. The normalized spacial score (nSPS) is 10.4. The van der Waals surface area contributed by atoms with Gasteiger partial charge >= 0.3 is 11.9 Å². The number of carbonyl (C=O) groups is 2. The summed E-state index contributed by atoms with van der Waals surface area (Å²) in [5.41, 5.74) is -1.03. The molecule has 6 heteroatoms. The van der Waals surface area contributed by atoms with E-state index in [4.69, 9.17) is 5.11 Å². The van der Waals surface area contributed by atoms with Gasteiger partial charge in [0.2, 0.25) is 0 Å². The van der Waals surface area contributed by atoms with Crippen LogP contribution in [0.5, 0.6) is 0 Å². The molecule has 0 amide bonds. The third kappa shape index (κ3) is 2.60. The van der Waals surface area contributed by atoms with Gasteiger partial charge in [0.1, 0.15) is 11.6 Å². The Morgan fingerprint density at radius 1 is 1.00 bits per heavy atom. The quantitative estimate of drug-likeness (QED) is 0.909. The number of hydrogen-bond donors (Lipinski definition) is 2. The number of aromatic carboxylic acids is 2. The first-order valence-corrected chi connectivity index (χ1v) is 5.88. The molecule has 0 aliphatic heterocycles. The van der Waals surface area contributed by atoms with Gasteiger partial charge in [-0.05, 0) is 36.2 Å². The zero-order valence-electron chi connectivity index (χ0n) is 10.9. The fraction of sp³-hybridized carbons (Fsp3) is 0.0667. The average molecular weight is 292 g/mol. The molecule has 108 valence electrons.